The Labute approximate surface area is 103 Å². The van der Waals surface area contributed by atoms with Crippen LogP contribution in [0.4, 0.5) is 5.69 Å². The van der Waals surface area contributed by atoms with Crippen LogP contribution >= 0.6 is 0 Å². The Morgan fingerprint density at radius 2 is 1.94 bits per heavy atom. The van der Waals surface area contributed by atoms with Gasteiger partial charge in [0, 0.05) is 24.4 Å². The highest BCUT2D eigenvalue weighted by Gasteiger charge is 1.98. The van der Waals surface area contributed by atoms with Crippen molar-refractivity contribution < 1.29 is 9.53 Å². The maximum Gasteiger partial charge on any atom is 0.159 e. The van der Waals surface area contributed by atoms with Gasteiger partial charge in [0.05, 0.1) is 6.61 Å². The van der Waals surface area contributed by atoms with Crippen molar-refractivity contribution in [3.8, 4) is 0 Å². The zero-order chi connectivity index (χ0) is 12.7. The molecule has 0 aliphatic heterocycles. The minimum absolute atomic E-state index is 0.0943. The summed E-state index contributed by atoms with van der Waals surface area (Å²) in [4.78, 5) is 11.1. The van der Waals surface area contributed by atoms with E-state index < -0.39 is 0 Å². The van der Waals surface area contributed by atoms with Crippen molar-refractivity contribution in [2.75, 3.05) is 25.1 Å². The van der Waals surface area contributed by atoms with Gasteiger partial charge >= 0.3 is 0 Å². The van der Waals surface area contributed by atoms with Gasteiger partial charge in [0.2, 0.25) is 0 Å². The summed E-state index contributed by atoms with van der Waals surface area (Å²) in [7, 11) is 0. The average molecular weight is 235 g/mol. The van der Waals surface area contributed by atoms with E-state index in [1.54, 1.807) is 6.92 Å². The standard InChI is InChI=1S/C14H21NO2/c1-11(2)10-17-9-8-15-14-6-4-13(5-7-14)12(3)16/h4-7,11,15H,8-10H2,1-3H3. The summed E-state index contributed by atoms with van der Waals surface area (Å²) < 4.78 is 5.46. The molecule has 0 amide bonds. The summed E-state index contributed by atoms with van der Waals surface area (Å²) in [5.74, 6) is 0.668. The highest BCUT2D eigenvalue weighted by atomic mass is 16.5. The van der Waals surface area contributed by atoms with Crippen molar-refractivity contribution in [1.82, 2.24) is 0 Å². The second-order valence-electron chi connectivity index (χ2n) is 4.53. The Bertz CT molecular complexity index is 344. The van der Waals surface area contributed by atoms with Crippen molar-refractivity contribution in [2.45, 2.75) is 20.8 Å². The minimum atomic E-state index is 0.0943. The molecule has 0 spiro atoms. The molecule has 1 N–H and O–H groups in total. The second-order valence-corrected chi connectivity index (χ2v) is 4.53. The monoisotopic (exact) mass is 235 g/mol. The number of anilines is 1. The number of rotatable bonds is 7. The van der Waals surface area contributed by atoms with Crippen molar-refractivity contribution in [3.05, 3.63) is 29.8 Å². The topological polar surface area (TPSA) is 38.3 Å². The van der Waals surface area contributed by atoms with Crippen molar-refractivity contribution in [1.29, 1.82) is 0 Å². The van der Waals surface area contributed by atoms with E-state index in [1.807, 2.05) is 24.3 Å². The molecule has 1 rings (SSSR count). The molecule has 0 aromatic heterocycles. The van der Waals surface area contributed by atoms with Crippen LogP contribution in [0, 0.1) is 5.92 Å². The third-order valence-electron chi connectivity index (χ3n) is 2.32. The lowest BCUT2D eigenvalue weighted by atomic mass is 10.1. The molecule has 0 bridgehead atoms. The Morgan fingerprint density at radius 1 is 1.29 bits per heavy atom. The summed E-state index contributed by atoms with van der Waals surface area (Å²) in [5, 5.41) is 3.25. The Hall–Kier alpha value is -1.35. The molecule has 0 fully saturated rings. The van der Waals surface area contributed by atoms with Gasteiger partial charge in [0.1, 0.15) is 0 Å². The lowest BCUT2D eigenvalue weighted by Gasteiger charge is -2.09. The van der Waals surface area contributed by atoms with Crippen LogP contribution in [0.5, 0.6) is 0 Å². The van der Waals surface area contributed by atoms with Gasteiger partial charge in [-0.25, -0.2) is 0 Å². The smallest absolute Gasteiger partial charge is 0.159 e. The first kappa shape index (κ1) is 13.7. The number of carbonyl (C=O) groups is 1. The Balaban J connectivity index is 2.25. The van der Waals surface area contributed by atoms with Gasteiger partial charge in [-0.3, -0.25) is 4.79 Å². The van der Waals surface area contributed by atoms with Crippen LogP contribution in [0.25, 0.3) is 0 Å². The van der Waals surface area contributed by atoms with E-state index in [1.165, 1.54) is 0 Å². The van der Waals surface area contributed by atoms with Gasteiger partial charge in [-0.1, -0.05) is 13.8 Å². The van der Waals surface area contributed by atoms with Gasteiger partial charge in [0.15, 0.2) is 5.78 Å². The van der Waals surface area contributed by atoms with Crippen molar-refractivity contribution in [3.63, 3.8) is 0 Å². The SMILES string of the molecule is CC(=O)c1ccc(NCCOCC(C)C)cc1. The van der Waals surface area contributed by atoms with E-state index in [-0.39, 0.29) is 5.78 Å². The number of carbonyl (C=O) groups excluding carboxylic acids is 1. The molecule has 3 heteroatoms. The fourth-order valence-corrected chi connectivity index (χ4v) is 1.41. The summed E-state index contributed by atoms with van der Waals surface area (Å²) in [5.41, 5.74) is 1.76. The van der Waals surface area contributed by atoms with Crippen LogP contribution in [0.3, 0.4) is 0 Å². The van der Waals surface area contributed by atoms with Crippen LogP contribution in [0.1, 0.15) is 31.1 Å². The lowest BCUT2D eigenvalue weighted by Crippen LogP contribution is -2.12. The van der Waals surface area contributed by atoms with Crippen molar-refractivity contribution >= 4 is 11.5 Å². The molecule has 0 saturated heterocycles. The highest BCUT2D eigenvalue weighted by Crippen LogP contribution is 2.09. The van der Waals surface area contributed by atoms with E-state index in [0.29, 0.717) is 12.5 Å². The molecule has 94 valence electrons. The fourth-order valence-electron chi connectivity index (χ4n) is 1.41. The first-order valence-electron chi connectivity index (χ1n) is 6.02. The van der Waals surface area contributed by atoms with Crippen LogP contribution in [0.2, 0.25) is 0 Å². The second kappa shape index (κ2) is 7.07. The molecule has 3 nitrogen and oxygen atoms in total. The van der Waals surface area contributed by atoms with Crippen LogP contribution in [0.15, 0.2) is 24.3 Å². The van der Waals surface area contributed by atoms with E-state index in [4.69, 9.17) is 4.74 Å². The Morgan fingerprint density at radius 3 is 2.47 bits per heavy atom. The largest absolute Gasteiger partial charge is 0.383 e. The maximum atomic E-state index is 11.1. The van der Waals surface area contributed by atoms with Crippen molar-refractivity contribution in [2.24, 2.45) is 5.92 Å². The van der Waals surface area contributed by atoms with Crippen LogP contribution < -0.4 is 5.32 Å². The summed E-state index contributed by atoms with van der Waals surface area (Å²) >= 11 is 0. The number of hydrogen-bond donors (Lipinski definition) is 1. The zero-order valence-corrected chi connectivity index (χ0v) is 10.8. The molecule has 0 saturated carbocycles. The molecular formula is C14H21NO2. The van der Waals surface area contributed by atoms with E-state index in [2.05, 4.69) is 19.2 Å². The number of hydrogen-bond acceptors (Lipinski definition) is 3. The summed E-state index contributed by atoms with van der Waals surface area (Å²) in [6.07, 6.45) is 0. The molecule has 0 aliphatic rings. The maximum absolute atomic E-state index is 11.1. The van der Waals surface area contributed by atoms with E-state index in [9.17, 15) is 4.79 Å². The minimum Gasteiger partial charge on any atom is -0.383 e. The van der Waals surface area contributed by atoms with Crippen LogP contribution in [-0.2, 0) is 4.74 Å². The molecule has 0 aliphatic carbocycles. The number of ether oxygens (including phenoxy) is 1. The molecule has 1 aromatic rings. The van der Waals surface area contributed by atoms with E-state index >= 15 is 0 Å². The zero-order valence-electron chi connectivity index (χ0n) is 10.8. The Kier molecular flexibility index (Phi) is 5.70. The first-order chi connectivity index (χ1) is 8.09. The summed E-state index contributed by atoms with van der Waals surface area (Å²) in [6, 6.07) is 7.50. The molecule has 1 aromatic carbocycles. The molecule has 17 heavy (non-hydrogen) atoms. The molecule has 0 radical (unpaired) electrons. The normalized spacial score (nSPS) is 10.6. The van der Waals surface area contributed by atoms with Gasteiger partial charge in [-0.2, -0.15) is 0 Å². The number of ketones is 1. The number of Topliss-reactive ketones (excluding diaryl/α,β-unsaturated/α-hetero) is 1. The molecule has 0 unspecified atom stereocenters. The third-order valence-corrected chi connectivity index (χ3v) is 2.32. The third kappa shape index (κ3) is 5.50. The van der Waals surface area contributed by atoms with Gasteiger partial charge in [-0.15, -0.1) is 0 Å². The quantitative estimate of drug-likeness (QED) is 0.583. The molecule has 0 atom stereocenters. The summed E-state index contributed by atoms with van der Waals surface area (Å²) in [6.45, 7) is 8.12. The van der Waals surface area contributed by atoms with E-state index in [0.717, 1.165) is 24.4 Å². The fraction of sp³-hybridized carbons (Fsp3) is 0.500. The van der Waals surface area contributed by atoms with Gasteiger partial charge in [0.25, 0.3) is 0 Å². The predicted octanol–water partition coefficient (Wildman–Crippen LogP) is 2.97. The average Bonchev–Trinajstić information content (AvgIpc) is 2.29. The predicted molar refractivity (Wildman–Crippen MR) is 70.6 cm³/mol. The lowest BCUT2D eigenvalue weighted by molar-refractivity contribution is 0.101. The number of benzene rings is 1. The first-order valence-corrected chi connectivity index (χ1v) is 6.02. The van der Waals surface area contributed by atoms with Crippen LogP contribution in [-0.4, -0.2) is 25.5 Å². The number of nitrogens with one attached hydrogen (secondary N) is 1. The van der Waals surface area contributed by atoms with Gasteiger partial charge in [-0.05, 0) is 37.1 Å². The van der Waals surface area contributed by atoms with Gasteiger partial charge < -0.3 is 10.1 Å². The molecular weight excluding hydrogens is 214 g/mol. The molecule has 0 heterocycles. The highest BCUT2D eigenvalue weighted by molar-refractivity contribution is 5.94.